The number of Topliss-reactive ketones (excluding diaryl/α,β-unsaturated/α-hetero) is 1. The second-order valence-electron chi connectivity index (χ2n) is 3.88. The number of rotatable bonds is 4. The van der Waals surface area contributed by atoms with Crippen molar-refractivity contribution in [3.63, 3.8) is 0 Å². The molecule has 1 heterocycles. The van der Waals surface area contributed by atoms with Crippen LogP contribution in [-0.2, 0) is 0 Å². The second kappa shape index (κ2) is 5.66. The minimum atomic E-state index is -0.589. The van der Waals surface area contributed by atoms with E-state index < -0.39 is 4.92 Å². The highest BCUT2D eigenvalue weighted by atomic mass is 35.5. The van der Waals surface area contributed by atoms with Gasteiger partial charge in [-0.15, -0.1) is 0 Å². The third-order valence-electron chi connectivity index (χ3n) is 2.48. The highest BCUT2D eigenvalue weighted by Crippen LogP contribution is 2.31. The summed E-state index contributed by atoms with van der Waals surface area (Å²) in [7, 11) is 0. The fraction of sp³-hybridized carbons (Fsp3) is 0.0769. The number of nitro groups is 1. The van der Waals surface area contributed by atoms with E-state index >= 15 is 0 Å². The maximum absolute atomic E-state index is 11.4. The number of benzene rings is 1. The predicted molar refractivity (Wildman–Crippen MR) is 72.4 cm³/mol. The van der Waals surface area contributed by atoms with Gasteiger partial charge >= 0.3 is 0 Å². The Morgan fingerprint density at radius 3 is 2.75 bits per heavy atom. The van der Waals surface area contributed by atoms with Crippen LogP contribution in [0, 0.1) is 10.1 Å². The average Bonchev–Trinajstić information content (AvgIpc) is 2.38. The third kappa shape index (κ3) is 2.92. The Balaban J connectivity index is 2.34. The molecule has 7 heteroatoms. The first-order valence-electron chi connectivity index (χ1n) is 5.57. The van der Waals surface area contributed by atoms with E-state index in [1.165, 1.54) is 31.3 Å². The van der Waals surface area contributed by atoms with Crippen LogP contribution in [-0.4, -0.2) is 15.7 Å². The number of ketones is 1. The number of pyridine rings is 1. The monoisotopic (exact) mass is 292 g/mol. The molecule has 0 unspecified atom stereocenters. The SMILES string of the molecule is CC(=O)c1cccnc1Oc1ccc([N+](=O)[O-])c(Cl)c1. The maximum atomic E-state index is 11.4. The van der Waals surface area contributed by atoms with Crippen LogP contribution in [0.25, 0.3) is 0 Å². The molecule has 0 bridgehead atoms. The van der Waals surface area contributed by atoms with Gasteiger partial charge in [0.05, 0.1) is 10.5 Å². The molecular formula is C13H9ClN2O4. The predicted octanol–water partition coefficient (Wildman–Crippen LogP) is 3.64. The van der Waals surface area contributed by atoms with Crippen molar-refractivity contribution in [1.29, 1.82) is 0 Å². The van der Waals surface area contributed by atoms with Gasteiger partial charge in [0.25, 0.3) is 5.69 Å². The largest absolute Gasteiger partial charge is 0.438 e. The molecule has 0 aliphatic carbocycles. The quantitative estimate of drug-likeness (QED) is 0.488. The zero-order valence-electron chi connectivity index (χ0n) is 10.4. The summed E-state index contributed by atoms with van der Waals surface area (Å²) in [5.41, 5.74) is 0.105. The number of hydrogen-bond donors (Lipinski definition) is 0. The lowest BCUT2D eigenvalue weighted by molar-refractivity contribution is -0.384. The van der Waals surface area contributed by atoms with Crippen molar-refractivity contribution in [3.8, 4) is 11.6 Å². The number of aromatic nitrogens is 1. The van der Waals surface area contributed by atoms with Crippen LogP contribution >= 0.6 is 11.6 Å². The topological polar surface area (TPSA) is 82.3 Å². The summed E-state index contributed by atoms with van der Waals surface area (Å²) in [6, 6.07) is 7.12. The molecule has 0 radical (unpaired) electrons. The van der Waals surface area contributed by atoms with Gasteiger partial charge in [0, 0.05) is 18.3 Å². The summed E-state index contributed by atoms with van der Waals surface area (Å²) < 4.78 is 5.45. The number of nitrogens with zero attached hydrogens (tertiary/aromatic N) is 2. The van der Waals surface area contributed by atoms with Crippen molar-refractivity contribution < 1.29 is 14.5 Å². The molecule has 2 aromatic rings. The first kappa shape index (κ1) is 14.0. The van der Waals surface area contributed by atoms with Crippen LogP contribution in [0.2, 0.25) is 5.02 Å². The van der Waals surface area contributed by atoms with Gasteiger partial charge < -0.3 is 4.74 Å². The molecule has 0 atom stereocenters. The number of halogens is 1. The van der Waals surface area contributed by atoms with E-state index in [4.69, 9.17) is 16.3 Å². The van der Waals surface area contributed by atoms with Crippen LogP contribution in [0.4, 0.5) is 5.69 Å². The number of hydrogen-bond acceptors (Lipinski definition) is 5. The van der Waals surface area contributed by atoms with Crippen LogP contribution in [0.1, 0.15) is 17.3 Å². The first-order valence-corrected chi connectivity index (χ1v) is 5.94. The number of carbonyl (C=O) groups excluding carboxylic acids is 1. The lowest BCUT2D eigenvalue weighted by Crippen LogP contribution is -1.99. The van der Waals surface area contributed by atoms with Crippen LogP contribution in [0.15, 0.2) is 36.5 Å². The van der Waals surface area contributed by atoms with Crippen molar-refractivity contribution in [2.24, 2.45) is 0 Å². The van der Waals surface area contributed by atoms with E-state index in [1.807, 2.05) is 0 Å². The molecule has 0 fully saturated rings. The summed E-state index contributed by atoms with van der Waals surface area (Å²) >= 11 is 5.78. The van der Waals surface area contributed by atoms with E-state index in [2.05, 4.69) is 4.98 Å². The number of carbonyl (C=O) groups is 1. The molecule has 0 N–H and O–H groups in total. The maximum Gasteiger partial charge on any atom is 0.288 e. The van der Waals surface area contributed by atoms with Crippen molar-refractivity contribution >= 4 is 23.1 Å². The standard InChI is InChI=1S/C13H9ClN2O4/c1-8(17)10-3-2-6-15-13(10)20-9-4-5-12(16(18)19)11(14)7-9/h2-7H,1H3. The van der Waals surface area contributed by atoms with Gasteiger partial charge in [-0.05, 0) is 25.1 Å². The van der Waals surface area contributed by atoms with Gasteiger partial charge in [-0.25, -0.2) is 4.98 Å². The van der Waals surface area contributed by atoms with E-state index in [0.717, 1.165) is 0 Å². The van der Waals surface area contributed by atoms with Crippen molar-refractivity contribution in [3.05, 3.63) is 57.2 Å². The lowest BCUT2D eigenvalue weighted by Gasteiger charge is -2.08. The zero-order chi connectivity index (χ0) is 14.7. The Morgan fingerprint density at radius 2 is 2.15 bits per heavy atom. The summed E-state index contributed by atoms with van der Waals surface area (Å²) in [6.45, 7) is 1.40. The van der Waals surface area contributed by atoms with Crippen molar-refractivity contribution in [1.82, 2.24) is 4.98 Å². The van der Waals surface area contributed by atoms with E-state index in [-0.39, 0.29) is 28.1 Å². The van der Waals surface area contributed by atoms with Gasteiger partial charge in [-0.2, -0.15) is 0 Å². The molecule has 0 saturated heterocycles. The van der Waals surface area contributed by atoms with E-state index in [9.17, 15) is 14.9 Å². The molecule has 102 valence electrons. The molecule has 0 aliphatic heterocycles. The molecule has 0 aliphatic rings. The van der Waals surface area contributed by atoms with Gasteiger partial charge in [0.2, 0.25) is 5.88 Å². The summed E-state index contributed by atoms with van der Waals surface area (Å²) in [5.74, 6) is 0.202. The molecule has 20 heavy (non-hydrogen) atoms. The Morgan fingerprint density at radius 1 is 1.40 bits per heavy atom. The molecular weight excluding hydrogens is 284 g/mol. The molecule has 1 aromatic carbocycles. The van der Waals surface area contributed by atoms with Crippen LogP contribution < -0.4 is 4.74 Å². The average molecular weight is 293 g/mol. The van der Waals surface area contributed by atoms with Gasteiger partial charge in [-0.1, -0.05) is 11.6 Å². The van der Waals surface area contributed by atoms with Crippen molar-refractivity contribution in [2.75, 3.05) is 0 Å². The summed E-state index contributed by atoms with van der Waals surface area (Å²) in [4.78, 5) is 25.5. The lowest BCUT2D eigenvalue weighted by atomic mass is 10.2. The Labute approximate surface area is 119 Å². The number of ether oxygens (including phenoxy) is 1. The normalized spacial score (nSPS) is 10.1. The van der Waals surface area contributed by atoms with E-state index in [1.54, 1.807) is 12.1 Å². The highest BCUT2D eigenvalue weighted by Gasteiger charge is 2.15. The Hall–Kier alpha value is -2.47. The van der Waals surface area contributed by atoms with Gasteiger partial charge in [0.1, 0.15) is 10.8 Å². The zero-order valence-corrected chi connectivity index (χ0v) is 11.1. The molecule has 0 spiro atoms. The van der Waals surface area contributed by atoms with Gasteiger partial charge in [-0.3, -0.25) is 14.9 Å². The highest BCUT2D eigenvalue weighted by molar-refractivity contribution is 6.32. The van der Waals surface area contributed by atoms with E-state index in [0.29, 0.717) is 5.56 Å². The molecule has 0 saturated carbocycles. The molecule has 1 aromatic heterocycles. The fourth-order valence-corrected chi connectivity index (χ4v) is 1.79. The summed E-state index contributed by atoms with van der Waals surface area (Å²) in [6.07, 6.45) is 1.48. The summed E-state index contributed by atoms with van der Waals surface area (Å²) in [5, 5.41) is 10.6. The molecule has 2 rings (SSSR count). The fourth-order valence-electron chi connectivity index (χ4n) is 1.55. The second-order valence-corrected chi connectivity index (χ2v) is 4.29. The van der Waals surface area contributed by atoms with Crippen molar-refractivity contribution in [2.45, 2.75) is 6.92 Å². The van der Waals surface area contributed by atoms with Gasteiger partial charge in [0.15, 0.2) is 5.78 Å². The minimum Gasteiger partial charge on any atom is -0.438 e. The minimum absolute atomic E-state index is 0.0483. The van der Waals surface area contributed by atoms with Crippen LogP contribution in [0.3, 0.4) is 0 Å². The molecule has 6 nitrogen and oxygen atoms in total. The first-order chi connectivity index (χ1) is 9.49. The smallest absolute Gasteiger partial charge is 0.288 e. The molecule has 0 amide bonds. The third-order valence-corrected chi connectivity index (χ3v) is 2.78. The number of nitro benzene ring substituents is 1. The van der Waals surface area contributed by atoms with Crippen LogP contribution in [0.5, 0.6) is 11.6 Å². The Kier molecular flexibility index (Phi) is 3.95. The Bertz CT molecular complexity index is 688.